The van der Waals surface area contributed by atoms with Crippen LogP contribution in [0.25, 0.3) is 6.08 Å². The lowest BCUT2D eigenvalue weighted by molar-refractivity contribution is -0.156. The van der Waals surface area contributed by atoms with Crippen molar-refractivity contribution in [3.63, 3.8) is 0 Å². The third-order valence-corrected chi connectivity index (χ3v) is 5.07. The predicted molar refractivity (Wildman–Crippen MR) is 110 cm³/mol. The smallest absolute Gasteiger partial charge is 0.328 e. The Bertz CT molecular complexity index is 734. The van der Waals surface area contributed by atoms with Crippen molar-refractivity contribution < 1.29 is 23.9 Å². The standard InChI is InChI=1S/C22H30N2O5/c1-15-6-5-7-16(2)24(15)21(26)14-29-22(27)17(3)23-20(25)13-10-18-8-11-19(28-4)12-9-18/h8-13,15-17H,5-7,14H2,1-4H3,(H,23,25)/b13-10+/t15-,16-,17+/m1/s1. The zero-order valence-corrected chi connectivity index (χ0v) is 17.5. The number of rotatable bonds is 7. The molecule has 0 saturated carbocycles. The molecule has 0 bridgehead atoms. The number of esters is 1. The molecule has 1 saturated heterocycles. The lowest BCUT2D eigenvalue weighted by atomic mass is 9.97. The number of carbonyl (C=O) groups is 3. The number of benzene rings is 1. The molecule has 7 nitrogen and oxygen atoms in total. The van der Waals surface area contributed by atoms with Crippen LogP contribution < -0.4 is 10.1 Å². The first-order valence-electron chi connectivity index (χ1n) is 9.92. The van der Waals surface area contributed by atoms with Crippen molar-refractivity contribution in [1.29, 1.82) is 0 Å². The zero-order valence-electron chi connectivity index (χ0n) is 17.5. The third-order valence-electron chi connectivity index (χ3n) is 5.07. The zero-order chi connectivity index (χ0) is 21.4. The van der Waals surface area contributed by atoms with Gasteiger partial charge < -0.3 is 19.7 Å². The molecule has 29 heavy (non-hydrogen) atoms. The Kier molecular flexibility index (Phi) is 8.24. The number of likely N-dealkylation sites (tertiary alicyclic amines) is 1. The topological polar surface area (TPSA) is 84.9 Å². The number of methoxy groups -OCH3 is 1. The molecule has 1 fully saturated rings. The Morgan fingerprint density at radius 3 is 2.38 bits per heavy atom. The molecule has 1 aliphatic heterocycles. The molecule has 1 aromatic carbocycles. The van der Waals surface area contributed by atoms with Crippen LogP contribution in [0, 0.1) is 0 Å². The molecule has 2 amide bonds. The van der Waals surface area contributed by atoms with Gasteiger partial charge >= 0.3 is 5.97 Å². The number of hydrogen-bond donors (Lipinski definition) is 1. The van der Waals surface area contributed by atoms with E-state index in [2.05, 4.69) is 5.32 Å². The Hall–Kier alpha value is -2.83. The number of ether oxygens (including phenoxy) is 2. The largest absolute Gasteiger partial charge is 0.497 e. The van der Waals surface area contributed by atoms with E-state index < -0.39 is 17.9 Å². The second kappa shape index (κ2) is 10.6. The van der Waals surface area contributed by atoms with Gasteiger partial charge in [0.2, 0.25) is 5.91 Å². The van der Waals surface area contributed by atoms with E-state index in [9.17, 15) is 14.4 Å². The molecule has 0 unspecified atom stereocenters. The van der Waals surface area contributed by atoms with E-state index in [1.165, 1.54) is 13.0 Å². The van der Waals surface area contributed by atoms with Crippen molar-refractivity contribution in [2.75, 3.05) is 13.7 Å². The molecule has 0 aliphatic carbocycles. The van der Waals surface area contributed by atoms with Crippen LogP contribution in [0.1, 0.15) is 45.6 Å². The van der Waals surface area contributed by atoms with Crippen LogP contribution in [0.5, 0.6) is 5.75 Å². The maximum absolute atomic E-state index is 12.4. The number of nitrogens with one attached hydrogen (secondary N) is 1. The predicted octanol–water partition coefficient (Wildman–Crippen LogP) is 2.55. The average molecular weight is 402 g/mol. The van der Waals surface area contributed by atoms with Gasteiger partial charge in [0, 0.05) is 18.2 Å². The van der Waals surface area contributed by atoms with E-state index in [1.54, 1.807) is 30.2 Å². The van der Waals surface area contributed by atoms with Crippen LogP contribution in [0.2, 0.25) is 0 Å². The highest BCUT2D eigenvalue weighted by atomic mass is 16.5. The summed E-state index contributed by atoms with van der Waals surface area (Å²) in [5, 5.41) is 2.54. The van der Waals surface area contributed by atoms with Gasteiger partial charge in [0.25, 0.3) is 5.91 Å². The Labute approximate surface area is 172 Å². The van der Waals surface area contributed by atoms with Crippen molar-refractivity contribution in [2.45, 2.75) is 58.2 Å². The van der Waals surface area contributed by atoms with Gasteiger partial charge in [-0.3, -0.25) is 9.59 Å². The maximum atomic E-state index is 12.4. The Morgan fingerprint density at radius 1 is 1.17 bits per heavy atom. The van der Waals surface area contributed by atoms with Gasteiger partial charge in [-0.05, 0) is 63.8 Å². The summed E-state index contributed by atoms with van der Waals surface area (Å²) < 4.78 is 10.2. The van der Waals surface area contributed by atoms with E-state index >= 15 is 0 Å². The van der Waals surface area contributed by atoms with Crippen molar-refractivity contribution in [2.24, 2.45) is 0 Å². The van der Waals surface area contributed by atoms with Gasteiger partial charge in [-0.25, -0.2) is 4.79 Å². The third kappa shape index (κ3) is 6.62. The van der Waals surface area contributed by atoms with Gasteiger partial charge in [-0.1, -0.05) is 12.1 Å². The quantitative estimate of drug-likeness (QED) is 0.560. The minimum absolute atomic E-state index is 0.144. The number of piperidine rings is 1. The average Bonchev–Trinajstić information content (AvgIpc) is 2.70. The van der Waals surface area contributed by atoms with E-state index in [1.807, 2.05) is 26.0 Å². The summed E-state index contributed by atoms with van der Waals surface area (Å²) in [4.78, 5) is 38.4. The number of carbonyl (C=O) groups excluding carboxylic acids is 3. The summed E-state index contributed by atoms with van der Waals surface area (Å²) in [5.41, 5.74) is 0.826. The summed E-state index contributed by atoms with van der Waals surface area (Å²) in [5.74, 6) is -0.529. The van der Waals surface area contributed by atoms with Crippen LogP contribution >= 0.6 is 0 Å². The van der Waals surface area contributed by atoms with Crippen molar-refractivity contribution >= 4 is 23.9 Å². The SMILES string of the molecule is COc1ccc(/C=C/C(=O)N[C@@H](C)C(=O)OCC(=O)N2[C@H](C)CCC[C@H]2C)cc1. The van der Waals surface area contributed by atoms with Crippen molar-refractivity contribution in [1.82, 2.24) is 10.2 Å². The first-order chi connectivity index (χ1) is 13.8. The fourth-order valence-electron chi connectivity index (χ4n) is 3.45. The van der Waals surface area contributed by atoms with Crippen LogP contribution in [-0.2, 0) is 19.1 Å². The van der Waals surface area contributed by atoms with Gasteiger partial charge in [-0.15, -0.1) is 0 Å². The molecule has 7 heteroatoms. The summed E-state index contributed by atoms with van der Waals surface area (Å²) in [6, 6.07) is 6.64. The molecule has 0 aromatic heterocycles. The summed E-state index contributed by atoms with van der Waals surface area (Å²) in [7, 11) is 1.58. The van der Waals surface area contributed by atoms with Crippen molar-refractivity contribution in [3.8, 4) is 5.75 Å². The molecule has 0 spiro atoms. The molecule has 1 aromatic rings. The normalized spacial score (nSPS) is 20.2. The Morgan fingerprint density at radius 2 is 1.79 bits per heavy atom. The van der Waals surface area contributed by atoms with Crippen LogP contribution in [-0.4, -0.2) is 54.5 Å². The number of hydrogen-bond acceptors (Lipinski definition) is 5. The highest BCUT2D eigenvalue weighted by molar-refractivity contribution is 5.94. The minimum Gasteiger partial charge on any atom is -0.497 e. The van der Waals surface area contributed by atoms with E-state index in [-0.39, 0.29) is 24.6 Å². The molecule has 0 radical (unpaired) electrons. The highest BCUT2D eigenvalue weighted by Gasteiger charge is 2.29. The molecule has 3 atom stereocenters. The van der Waals surface area contributed by atoms with E-state index in [0.717, 1.165) is 30.6 Å². The van der Waals surface area contributed by atoms with Crippen LogP contribution in [0.3, 0.4) is 0 Å². The maximum Gasteiger partial charge on any atom is 0.328 e. The highest BCUT2D eigenvalue weighted by Crippen LogP contribution is 2.22. The first kappa shape index (κ1) is 22.5. The molecule has 2 rings (SSSR count). The molecule has 1 aliphatic rings. The van der Waals surface area contributed by atoms with Gasteiger partial charge in [0.15, 0.2) is 6.61 Å². The second-order valence-electron chi connectivity index (χ2n) is 7.37. The number of amides is 2. The van der Waals surface area contributed by atoms with Gasteiger partial charge in [0.1, 0.15) is 11.8 Å². The van der Waals surface area contributed by atoms with E-state index in [0.29, 0.717) is 0 Å². The summed E-state index contributed by atoms with van der Waals surface area (Å²) in [6.07, 6.45) is 5.98. The monoisotopic (exact) mass is 402 g/mol. The van der Waals surface area contributed by atoms with Crippen molar-refractivity contribution in [3.05, 3.63) is 35.9 Å². The van der Waals surface area contributed by atoms with Crippen LogP contribution in [0.15, 0.2) is 30.3 Å². The molecular formula is C22H30N2O5. The molecule has 1 N–H and O–H groups in total. The molecule has 158 valence electrons. The Balaban J connectivity index is 1.79. The first-order valence-corrected chi connectivity index (χ1v) is 9.92. The number of nitrogens with zero attached hydrogens (tertiary/aromatic N) is 1. The molecule has 1 heterocycles. The molecular weight excluding hydrogens is 372 g/mol. The van der Waals surface area contributed by atoms with Gasteiger partial charge in [0.05, 0.1) is 7.11 Å². The minimum atomic E-state index is -0.855. The fourth-order valence-corrected chi connectivity index (χ4v) is 3.45. The lowest BCUT2D eigenvalue weighted by Crippen LogP contribution is -2.49. The van der Waals surface area contributed by atoms with Crippen LogP contribution in [0.4, 0.5) is 0 Å². The summed E-state index contributed by atoms with van der Waals surface area (Å²) >= 11 is 0. The second-order valence-corrected chi connectivity index (χ2v) is 7.37. The fraction of sp³-hybridized carbons (Fsp3) is 0.500. The van der Waals surface area contributed by atoms with Gasteiger partial charge in [-0.2, -0.15) is 0 Å². The summed E-state index contributed by atoms with van der Waals surface area (Å²) in [6.45, 7) is 5.23. The van der Waals surface area contributed by atoms with E-state index in [4.69, 9.17) is 9.47 Å². The lowest BCUT2D eigenvalue weighted by Gasteiger charge is -2.38.